The maximum absolute atomic E-state index is 13.5. The molecule has 0 spiro atoms. The second-order valence-electron chi connectivity index (χ2n) is 7.52. The van der Waals surface area contributed by atoms with Crippen molar-refractivity contribution in [1.29, 1.82) is 0 Å². The average molecular weight is 386 g/mol. The summed E-state index contributed by atoms with van der Waals surface area (Å²) in [6.07, 6.45) is 0.841. The summed E-state index contributed by atoms with van der Waals surface area (Å²) >= 11 is 0. The molecule has 0 unspecified atom stereocenters. The molecule has 0 atom stereocenters. The number of nitrogens with zero attached hydrogens (tertiary/aromatic N) is 2. The van der Waals surface area contributed by atoms with E-state index < -0.39 is 0 Å². The predicted molar refractivity (Wildman–Crippen MR) is 112 cm³/mol. The summed E-state index contributed by atoms with van der Waals surface area (Å²) in [6, 6.07) is 13.3. The molecule has 2 aliphatic heterocycles. The third-order valence-corrected chi connectivity index (χ3v) is 5.89. The number of likely N-dealkylation sites (N-methyl/N-ethyl adjacent to an activating group) is 1. The molecule has 3 aromatic rings. The van der Waals surface area contributed by atoms with Crippen molar-refractivity contribution in [2.45, 2.75) is 26.4 Å². The molecule has 29 heavy (non-hydrogen) atoms. The highest BCUT2D eigenvalue weighted by molar-refractivity contribution is 6.14. The Labute approximate surface area is 168 Å². The number of para-hydroxylation sites is 1. The number of anilines is 1. The molecule has 2 aromatic carbocycles. The van der Waals surface area contributed by atoms with E-state index >= 15 is 0 Å². The van der Waals surface area contributed by atoms with Crippen LogP contribution in [0.15, 0.2) is 42.5 Å². The van der Waals surface area contributed by atoms with E-state index in [1.807, 2.05) is 30.3 Å². The van der Waals surface area contributed by atoms with Gasteiger partial charge < -0.3 is 10.6 Å². The zero-order valence-corrected chi connectivity index (χ0v) is 16.3. The molecular weight excluding hydrogens is 364 g/mol. The first-order valence-corrected chi connectivity index (χ1v) is 10.00. The van der Waals surface area contributed by atoms with Gasteiger partial charge in [0.05, 0.1) is 11.1 Å². The Bertz CT molecular complexity index is 1160. The molecule has 1 aromatic heterocycles. The van der Waals surface area contributed by atoms with Crippen LogP contribution in [0.5, 0.6) is 0 Å². The van der Waals surface area contributed by atoms with Crippen LogP contribution in [0.25, 0.3) is 10.9 Å². The Morgan fingerprint density at radius 3 is 2.90 bits per heavy atom. The Kier molecular flexibility index (Phi) is 4.28. The maximum Gasteiger partial charge on any atom is 0.256 e. The van der Waals surface area contributed by atoms with Gasteiger partial charge in [0.2, 0.25) is 0 Å². The topological polar surface area (TPSA) is 74.3 Å². The zero-order valence-electron chi connectivity index (χ0n) is 16.3. The van der Waals surface area contributed by atoms with Crippen molar-refractivity contribution < 1.29 is 9.59 Å². The maximum atomic E-state index is 13.5. The first-order valence-electron chi connectivity index (χ1n) is 10.00. The molecule has 2 amide bonds. The van der Waals surface area contributed by atoms with E-state index in [0.717, 1.165) is 53.8 Å². The van der Waals surface area contributed by atoms with Gasteiger partial charge in [0.15, 0.2) is 0 Å². The van der Waals surface area contributed by atoms with E-state index in [1.165, 1.54) is 0 Å². The average Bonchev–Trinajstić information content (AvgIpc) is 3.13. The van der Waals surface area contributed by atoms with Crippen LogP contribution in [-0.4, -0.2) is 34.8 Å². The Balaban J connectivity index is 1.61. The summed E-state index contributed by atoms with van der Waals surface area (Å²) < 4.78 is 0. The van der Waals surface area contributed by atoms with Gasteiger partial charge in [-0.25, -0.2) is 0 Å². The molecule has 6 nitrogen and oxygen atoms in total. The second kappa shape index (κ2) is 6.97. The molecular formula is C23H22N4O2. The van der Waals surface area contributed by atoms with E-state index in [2.05, 4.69) is 22.5 Å². The van der Waals surface area contributed by atoms with Gasteiger partial charge in [-0.05, 0) is 24.7 Å². The van der Waals surface area contributed by atoms with Crippen molar-refractivity contribution in [3.63, 3.8) is 0 Å². The lowest BCUT2D eigenvalue weighted by atomic mass is 9.95. The van der Waals surface area contributed by atoms with E-state index in [9.17, 15) is 9.59 Å². The first kappa shape index (κ1) is 17.8. The SMILES string of the molecule is CCN1CCc2nc3ccccc3c(C(=O)Nc3cccc4c3CNC4=O)c2C1. The highest BCUT2D eigenvalue weighted by atomic mass is 16.2. The quantitative estimate of drug-likeness (QED) is 0.725. The molecule has 2 aliphatic rings. The van der Waals surface area contributed by atoms with Gasteiger partial charge in [0.1, 0.15) is 0 Å². The summed E-state index contributed by atoms with van der Waals surface area (Å²) in [4.78, 5) is 32.7. The molecule has 6 heteroatoms. The fourth-order valence-corrected chi connectivity index (χ4v) is 4.33. The number of amides is 2. The molecule has 2 N–H and O–H groups in total. The molecule has 5 rings (SSSR count). The largest absolute Gasteiger partial charge is 0.348 e. The number of aromatic nitrogens is 1. The van der Waals surface area contributed by atoms with Crippen LogP contribution >= 0.6 is 0 Å². The summed E-state index contributed by atoms with van der Waals surface area (Å²) in [6.45, 7) is 5.18. The molecule has 0 saturated heterocycles. The van der Waals surface area contributed by atoms with Gasteiger partial charge in [-0.1, -0.05) is 31.2 Å². The van der Waals surface area contributed by atoms with E-state index in [1.54, 1.807) is 12.1 Å². The van der Waals surface area contributed by atoms with Crippen LogP contribution in [-0.2, 0) is 19.5 Å². The monoisotopic (exact) mass is 386 g/mol. The number of nitrogens with one attached hydrogen (secondary N) is 2. The highest BCUT2D eigenvalue weighted by Gasteiger charge is 2.27. The highest BCUT2D eigenvalue weighted by Crippen LogP contribution is 2.30. The lowest BCUT2D eigenvalue weighted by Crippen LogP contribution is -2.33. The Morgan fingerprint density at radius 1 is 1.17 bits per heavy atom. The van der Waals surface area contributed by atoms with Crippen molar-refractivity contribution in [3.05, 3.63) is 70.4 Å². The van der Waals surface area contributed by atoms with Crippen LogP contribution in [0.1, 0.15) is 44.5 Å². The van der Waals surface area contributed by atoms with Crippen LogP contribution < -0.4 is 10.6 Å². The summed E-state index contributed by atoms with van der Waals surface area (Å²) in [5.41, 5.74) is 5.71. The minimum Gasteiger partial charge on any atom is -0.348 e. The molecule has 146 valence electrons. The number of pyridine rings is 1. The number of hydrogen-bond donors (Lipinski definition) is 2. The number of rotatable bonds is 3. The second-order valence-corrected chi connectivity index (χ2v) is 7.52. The first-order chi connectivity index (χ1) is 14.2. The van der Waals surface area contributed by atoms with E-state index in [0.29, 0.717) is 23.4 Å². The zero-order chi connectivity index (χ0) is 20.0. The van der Waals surface area contributed by atoms with Crippen LogP contribution in [0.3, 0.4) is 0 Å². The molecule has 0 aliphatic carbocycles. The van der Waals surface area contributed by atoms with Gasteiger partial charge in [0, 0.05) is 59.5 Å². The number of benzene rings is 2. The number of carbonyl (C=O) groups excluding carboxylic acids is 2. The molecule has 0 radical (unpaired) electrons. The van der Waals surface area contributed by atoms with Gasteiger partial charge in [-0.15, -0.1) is 0 Å². The molecule has 0 saturated carbocycles. The number of carbonyl (C=O) groups is 2. The van der Waals surface area contributed by atoms with Gasteiger partial charge in [-0.3, -0.25) is 19.5 Å². The van der Waals surface area contributed by atoms with Crippen LogP contribution in [0.4, 0.5) is 5.69 Å². The fourth-order valence-electron chi connectivity index (χ4n) is 4.33. The number of hydrogen-bond acceptors (Lipinski definition) is 4. The third-order valence-electron chi connectivity index (χ3n) is 5.89. The van der Waals surface area contributed by atoms with Crippen LogP contribution in [0, 0.1) is 0 Å². The summed E-state index contributed by atoms with van der Waals surface area (Å²) in [5.74, 6) is -0.244. The third kappa shape index (κ3) is 2.96. The van der Waals surface area contributed by atoms with Gasteiger partial charge in [0.25, 0.3) is 11.8 Å². The Morgan fingerprint density at radius 2 is 2.03 bits per heavy atom. The predicted octanol–water partition coefficient (Wildman–Crippen LogP) is 3.11. The molecule has 0 bridgehead atoms. The summed E-state index contributed by atoms with van der Waals surface area (Å²) in [7, 11) is 0. The minimum atomic E-state index is -0.148. The lowest BCUT2D eigenvalue weighted by molar-refractivity contribution is 0.0964. The van der Waals surface area contributed by atoms with Crippen molar-refractivity contribution >= 4 is 28.4 Å². The van der Waals surface area contributed by atoms with E-state index in [4.69, 9.17) is 4.98 Å². The Hall–Kier alpha value is -3.25. The van der Waals surface area contributed by atoms with Crippen molar-refractivity contribution in [2.24, 2.45) is 0 Å². The van der Waals surface area contributed by atoms with Gasteiger partial charge >= 0.3 is 0 Å². The van der Waals surface area contributed by atoms with Crippen molar-refractivity contribution in [1.82, 2.24) is 15.2 Å². The molecule has 3 heterocycles. The number of fused-ring (bicyclic) bond motifs is 3. The smallest absolute Gasteiger partial charge is 0.256 e. The fraction of sp³-hybridized carbons (Fsp3) is 0.261. The standard InChI is InChI=1S/C23H22N4O2/c1-2-27-11-10-20-17(13-27)21(15-6-3-4-8-18(15)25-20)23(29)26-19-9-5-7-14-16(19)12-24-22(14)28/h3-9H,2,10-13H2,1H3,(H,24,28)(H,26,29). The van der Waals surface area contributed by atoms with E-state index in [-0.39, 0.29) is 11.8 Å². The minimum absolute atomic E-state index is 0.0959. The van der Waals surface area contributed by atoms with Gasteiger partial charge in [-0.2, -0.15) is 0 Å². The normalized spacial score (nSPS) is 15.7. The van der Waals surface area contributed by atoms with Crippen molar-refractivity contribution in [3.8, 4) is 0 Å². The lowest BCUT2D eigenvalue weighted by Gasteiger charge is -2.29. The molecule has 0 fully saturated rings. The summed E-state index contributed by atoms with van der Waals surface area (Å²) in [5, 5.41) is 6.77. The van der Waals surface area contributed by atoms with Crippen LogP contribution in [0.2, 0.25) is 0 Å². The van der Waals surface area contributed by atoms with Crippen molar-refractivity contribution in [2.75, 3.05) is 18.4 Å².